The topological polar surface area (TPSA) is 66.4 Å². The molecule has 4 nitrogen and oxygen atoms in total. The van der Waals surface area contributed by atoms with E-state index in [1.165, 1.54) is 19.1 Å². The fourth-order valence-corrected chi connectivity index (χ4v) is 1.95. The average Bonchev–Trinajstić information content (AvgIpc) is 3.09. The van der Waals surface area contributed by atoms with Crippen molar-refractivity contribution in [2.45, 2.75) is 25.3 Å². The molecule has 2 N–H and O–H groups in total. The van der Waals surface area contributed by atoms with Gasteiger partial charge in [0.25, 0.3) is 0 Å². The molecule has 2 unspecified atom stereocenters. The number of carbonyl (C=O) groups is 2. The number of carboxylic acids is 1. The maximum Gasteiger partial charge on any atom is 0.325 e. The van der Waals surface area contributed by atoms with Crippen LogP contribution in [0.4, 0.5) is 4.39 Å². The Kier molecular flexibility index (Phi) is 3.32. The van der Waals surface area contributed by atoms with Gasteiger partial charge in [0.15, 0.2) is 0 Å². The monoisotopic (exact) mass is 251 g/mol. The van der Waals surface area contributed by atoms with Gasteiger partial charge < -0.3 is 10.4 Å². The van der Waals surface area contributed by atoms with E-state index in [-0.39, 0.29) is 23.6 Å². The largest absolute Gasteiger partial charge is 0.480 e. The smallest absolute Gasteiger partial charge is 0.325 e. The van der Waals surface area contributed by atoms with Crippen molar-refractivity contribution in [3.05, 3.63) is 35.6 Å². The minimum Gasteiger partial charge on any atom is -0.480 e. The molecular weight excluding hydrogens is 237 g/mol. The summed E-state index contributed by atoms with van der Waals surface area (Å²) in [4.78, 5) is 22.3. The number of amides is 1. The third-order valence-corrected chi connectivity index (χ3v) is 3.15. The second-order valence-electron chi connectivity index (χ2n) is 4.57. The molecule has 1 saturated carbocycles. The van der Waals surface area contributed by atoms with Gasteiger partial charge in [0.05, 0.1) is 0 Å². The van der Waals surface area contributed by atoms with Crippen LogP contribution in [0.1, 0.15) is 24.8 Å². The van der Waals surface area contributed by atoms with Gasteiger partial charge >= 0.3 is 5.97 Å². The Morgan fingerprint density at radius 2 is 2.00 bits per heavy atom. The van der Waals surface area contributed by atoms with Gasteiger partial charge in [-0.1, -0.05) is 12.1 Å². The predicted octanol–water partition coefficient (Wildman–Crippen LogP) is 1.52. The molecule has 0 bridgehead atoms. The molecule has 1 aromatic rings. The number of carbonyl (C=O) groups excluding carboxylic acids is 1. The quantitative estimate of drug-likeness (QED) is 0.852. The zero-order valence-corrected chi connectivity index (χ0v) is 9.89. The van der Waals surface area contributed by atoms with Gasteiger partial charge in [-0.15, -0.1) is 0 Å². The summed E-state index contributed by atoms with van der Waals surface area (Å²) >= 11 is 0. The molecule has 1 fully saturated rings. The van der Waals surface area contributed by atoms with Crippen LogP contribution in [0.5, 0.6) is 0 Å². The van der Waals surface area contributed by atoms with Gasteiger partial charge in [-0.2, -0.15) is 0 Å². The number of aliphatic carboxylic acids is 1. The van der Waals surface area contributed by atoms with Crippen molar-refractivity contribution in [3.8, 4) is 0 Å². The van der Waals surface area contributed by atoms with Gasteiger partial charge in [-0.05, 0) is 37.0 Å². The molecule has 1 amide bonds. The summed E-state index contributed by atoms with van der Waals surface area (Å²) in [5.41, 5.74) is 0.916. The lowest BCUT2D eigenvalue weighted by Crippen LogP contribution is -2.39. The normalized spacial score (nSPS) is 23.2. The van der Waals surface area contributed by atoms with Crippen molar-refractivity contribution in [3.63, 3.8) is 0 Å². The number of carboxylic acid groups (broad SMARTS) is 1. The lowest BCUT2D eigenvalue weighted by Gasteiger charge is -2.08. The molecule has 0 aromatic heterocycles. The summed E-state index contributed by atoms with van der Waals surface area (Å²) in [5.74, 6) is -1.73. The van der Waals surface area contributed by atoms with Crippen LogP contribution in [0, 0.1) is 11.7 Å². The summed E-state index contributed by atoms with van der Waals surface area (Å²) in [6, 6.07) is 5.17. The lowest BCUT2D eigenvalue weighted by atomic mass is 10.1. The standard InChI is InChI=1S/C13H14FNO3/c1-7(13(17)18)15-12(16)11-6-10(11)8-2-4-9(14)5-3-8/h2-5,7,10-11H,6H2,1H3,(H,15,16)(H,17,18)/t7-,10?,11?/m1/s1. The highest BCUT2D eigenvalue weighted by atomic mass is 19.1. The lowest BCUT2D eigenvalue weighted by molar-refractivity contribution is -0.141. The number of hydrogen-bond donors (Lipinski definition) is 2. The molecule has 5 heteroatoms. The van der Waals surface area contributed by atoms with Crippen molar-refractivity contribution in [1.29, 1.82) is 0 Å². The van der Waals surface area contributed by atoms with E-state index in [9.17, 15) is 14.0 Å². The van der Waals surface area contributed by atoms with Crippen LogP contribution < -0.4 is 5.32 Å². The Morgan fingerprint density at radius 1 is 1.39 bits per heavy atom. The average molecular weight is 251 g/mol. The predicted molar refractivity (Wildman–Crippen MR) is 62.5 cm³/mol. The maximum atomic E-state index is 12.7. The van der Waals surface area contributed by atoms with E-state index in [2.05, 4.69) is 5.32 Å². The molecule has 0 spiro atoms. The Balaban J connectivity index is 1.93. The molecule has 0 saturated heterocycles. The molecule has 0 aliphatic heterocycles. The fourth-order valence-electron chi connectivity index (χ4n) is 1.95. The van der Waals surface area contributed by atoms with Crippen LogP contribution in [0.3, 0.4) is 0 Å². The second kappa shape index (κ2) is 4.76. The van der Waals surface area contributed by atoms with E-state index in [1.54, 1.807) is 12.1 Å². The van der Waals surface area contributed by atoms with Crippen LogP contribution in [-0.4, -0.2) is 23.0 Å². The van der Waals surface area contributed by atoms with Crippen molar-refractivity contribution < 1.29 is 19.1 Å². The van der Waals surface area contributed by atoms with Gasteiger partial charge in [0, 0.05) is 5.92 Å². The number of benzene rings is 1. The SMILES string of the molecule is C[C@@H](NC(=O)C1CC1c1ccc(F)cc1)C(=O)O. The molecule has 0 heterocycles. The molecule has 2 rings (SSSR count). The molecule has 1 aliphatic rings. The number of halogens is 1. The first-order valence-electron chi connectivity index (χ1n) is 5.77. The highest BCUT2D eigenvalue weighted by molar-refractivity contribution is 5.87. The van der Waals surface area contributed by atoms with Gasteiger partial charge in [-0.3, -0.25) is 9.59 Å². The van der Waals surface area contributed by atoms with E-state index in [0.29, 0.717) is 6.42 Å². The van der Waals surface area contributed by atoms with Gasteiger partial charge in [-0.25, -0.2) is 4.39 Å². The summed E-state index contributed by atoms with van der Waals surface area (Å²) in [6.07, 6.45) is 0.684. The summed E-state index contributed by atoms with van der Waals surface area (Å²) in [5, 5.41) is 11.1. The second-order valence-corrected chi connectivity index (χ2v) is 4.57. The summed E-state index contributed by atoms with van der Waals surface area (Å²) in [7, 11) is 0. The molecule has 18 heavy (non-hydrogen) atoms. The van der Waals surface area contributed by atoms with Crippen LogP contribution in [0.25, 0.3) is 0 Å². The van der Waals surface area contributed by atoms with Crippen LogP contribution >= 0.6 is 0 Å². The van der Waals surface area contributed by atoms with Crippen molar-refractivity contribution in [2.75, 3.05) is 0 Å². The minimum absolute atomic E-state index is 0.0756. The first-order chi connectivity index (χ1) is 8.49. The van der Waals surface area contributed by atoms with Crippen molar-refractivity contribution in [1.82, 2.24) is 5.32 Å². The third kappa shape index (κ3) is 2.67. The summed E-state index contributed by atoms with van der Waals surface area (Å²) < 4.78 is 12.7. The summed E-state index contributed by atoms with van der Waals surface area (Å²) in [6.45, 7) is 1.43. The minimum atomic E-state index is -1.05. The van der Waals surface area contributed by atoms with E-state index in [0.717, 1.165) is 5.56 Å². The third-order valence-electron chi connectivity index (χ3n) is 3.15. The highest BCUT2D eigenvalue weighted by Gasteiger charge is 2.44. The van der Waals surface area contributed by atoms with Crippen LogP contribution in [0.15, 0.2) is 24.3 Å². The first-order valence-corrected chi connectivity index (χ1v) is 5.77. The maximum absolute atomic E-state index is 12.7. The molecule has 3 atom stereocenters. The molecule has 0 radical (unpaired) electrons. The van der Waals surface area contributed by atoms with Gasteiger partial charge in [0.2, 0.25) is 5.91 Å². The Morgan fingerprint density at radius 3 is 2.56 bits per heavy atom. The molecule has 1 aliphatic carbocycles. The molecule has 96 valence electrons. The molecular formula is C13H14FNO3. The number of hydrogen-bond acceptors (Lipinski definition) is 2. The fraction of sp³-hybridized carbons (Fsp3) is 0.385. The molecule has 1 aromatic carbocycles. The van der Waals surface area contributed by atoms with E-state index >= 15 is 0 Å². The highest BCUT2D eigenvalue weighted by Crippen LogP contribution is 2.47. The van der Waals surface area contributed by atoms with Gasteiger partial charge in [0.1, 0.15) is 11.9 Å². The Bertz CT molecular complexity index is 472. The Labute approximate surface area is 104 Å². The zero-order valence-electron chi connectivity index (χ0n) is 9.89. The zero-order chi connectivity index (χ0) is 13.3. The number of nitrogens with one attached hydrogen (secondary N) is 1. The first kappa shape index (κ1) is 12.5. The van der Waals surface area contributed by atoms with Crippen molar-refractivity contribution in [2.24, 2.45) is 5.92 Å². The van der Waals surface area contributed by atoms with E-state index < -0.39 is 12.0 Å². The van der Waals surface area contributed by atoms with E-state index in [1.807, 2.05) is 0 Å². The van der Waals surface area contributed by atoms with Crippen molar-refractivity contribution >= 4 is 11.9 Å². The van der Waals surface area contributed by atoms with Crippen LogP contribution in [-0.2, 0) is 9.59 Å². The number of rotatable bonds is 4. The van der Waals surface area contributed by atoms with E-state index in [4.69, 9.17) is 5.11 Å². The van der Waals surface area contributed by atoms with Crippen LogP contribution in [0.2, 0.25) is 0 Å². The Hall–Kier alpha value is -1.91.